The highest BCUT2D eigenvalue weighted by molar-refractivity contribution is 9.10. The molecule has 1 aromatic rings. The summed E-state index contributed by atoms with van der Waals surface area (Å²) in [7, 11) is 2.19. The summed E-state index contributed by atoms with van der Waals surface area (Å²) >= 11 is 5.55. The van der Waals surface area contributed by atoms with E-state index in [4.69, 9.17) is 5.73 Å². The van der Waals surface area contributed by atoms with Crippen molar-refractivity contribution in [3.05, 3.63) is 34.3 Å². The summed E-state index contributed by atoms with van der Waals surface area (Å²) < 4.78 is 1.14. The van der Waals surface area contributed by atoms with Crippen LogP contribution in [0.1, 0.15) is 31.9 Å². The fourth-order valence-corrected chi connectivity index (χ4v) is 3.91. The number of thioether (sulfide) groups is 1. The van der Waals surface area contributed by atoms with E-state index < -0.39 is 0 Å². The number of hydrogen-bond donors (Lipinski definition) is 1. The number of nitrogens with two attached hydrogens (primary N) is 1. The molecule has 0 heterocycles. The van der Waals surface area contributed by atoms with Crippen molar-refractivity contribution in [2.75, 3.05) is 19.1 Å². The third-order valence-corrected chi connectivity index (χ3v) is 5.01. The smallest absolute Gasteiger partial charge is 0.0507 e. The van der Waals surface area contributed by atoms with Crippen LogP contribution in [-0.4, -0.2) is 36.0 Å². The Morgan fingerprint density at radius 3 is 2.47 bits per heavy atom. The number of benzene rings is 1. The van der Waals surface area contributed by atoms with Crippen LogP contribution in [0.2, 0.25) is 0 Å². The second-order valence-electron chi connectivity index (χ2n) is 5.01. The average molecular weight is 345 g/mol. The molecular formula is C15H25BrN2S. The van der Waals surface area contributed by atoms with Crippen LogP contribution in [0, 0.1) is 0 Å². The standard InChI is InChI=1S/C15H25BrN2S/c1-5-12(10-19-4)18(3)15(11(2)17)13-8-6-7-9-14(13)16/h6-9,11-12,15H,5,10,17H2,1-4H3. The number of likely N-dealkylation sites (N-methyl/N-ethyl adjacent to an activating group) is 1. The predicted molar refractivity (Wildman–Crippen MR) is 90.8 cm³/mol. The predicted octanol–water partition coefficient (Wildman–Crippen LogP) is 3.91. The lowest BCUT2D eigenvalue weighted by atomic mass is 9.98. The molecule has 3 atom stereocenters. The van der Waals surface area contributed by atoms with Crippen LogP contribution in [0.15, 0.2) is 28.7 Å². The lowest BCUT2D eigenvalue weighted by Crippen LogP contribution is -2.43. The normalized spacial score (nSPS) is 16.4. The van der Waals surface area contributed by atoms with Gasteiger partial charge in [0.05, 0.1) is 6.04 Å². The Labute approximate surface area is 130 Å². The highest BCUT2D eigenvalue weighted by Gasteiger charge is 2.27. The fourth-order valence-electron chi connectivity index (χ4n) is 2.53. The summed E-state index contributed by atoms with van der Waals surface area (Å²) in [6.07, 6.45) is 3.31. The quantitative estimate of drug-likeness (QED) is 0.812. The summed E-state index contributed by atoms with van der Waals surface area (Å²) in [6, 6.07) is 9.28. The Morgan fingerprint density at radius 1 is 1.37 bits per heavy atom. The maximum Gasteiger partial charge on any atom is 0.0507 e. The minimum Gasteiger partial charge on any atom is -0.326 e. The Bertz CT molecular complexity index is 384. The molecule has 3 unspecified atom stereocenters. The molecule has 0 saturated carbocycles. The van der Waals surface area contributed by atoms with Crippen molar-refractivity contribution in [1.82, 2.24) is 4.90 Å². The maximum absolute atomic E-state index is 6.26. The molecule has 1 aromatic carbocycles. The van der Waals surface area contributed by atoms with E-state index in [1.165, 1.54) is 5.56 Å². The second kappa shape index (κ2) is 8.30. The van der Waals surface area contributed by atoms with Gasteiger partial charge in [0.15, 0.2) is 0 Å². The molecule has 0 aliphatic rings. The number of halogens is 1. The topological polar surface area (TPSA) is 29.3 Å². The molecule has 0 saturated heterocycles. The van der Waals surface area contributed by atoms with Crippen molar-refractivity contribution < 1.29 is 0 Å². The Kier molecular flexibility index (Phi) is 7.44. The van der Waals surface area contributed by atoms with Gasteiger partial charge in [-0.1, -0.05) is 41.1 Å². The summed E-state index contributed by atoms with van der Waals surface area (Å²) in [6.45, 7) is 4.34. The summed E-state index contributed by atoms with van der Waals surface area (Å²) in [5.41, 5.74) is 7.54. The van der Waals surface area contributed by atoms with Gasteiger partial charge in [0.25, 0.3) is 0 Å². The summed E-state index contributed by atoms with van der Waals surface area (Å²) in [5.74, 6) is 1.14. The number of nitrogens with zero attached hydrogens (tertiary/aromatic N) is 1. The lowest BCUT2D eigenvalue weighted by Gasteiger charge is -2.37. The van der Waals surface area contributed by atoms with Gasteiger partial charge in [-0.25, -0.2) is 0 Å². The monoisotopic (exact) mass is 344 g/mol. The van der Waals surface area contributed by atoms with Gasteiger partial charge in [0.1, 0.15) is 0 Å². The molecule has 0 aliphatic carbocycles. The Hall–Kier alpha value is -0.0300. The Morgan fingerprint density at radius 2 is 2.00 bits per heavy atom. The molecule has 1 rings (SSSR count). The molecule has 0 aliphatic heterocycles. The first-order valence-electron chi connectivity index (χ1n) is 6.73. The fraction of sp³-hybridized carbons (Fsp3) is 0.600. The molecule has 0 radical (unpaired) electrons. The molecule has 0 amide bonds. The van der Waals surface area contributed by atoms with Crippen molar-refractivity contribution in [2.24, 2.45) is 5.73 Å². The lowest BCUT2D eigenvalue weighted by molar-refractivity contribution is 0.164. The third-order valence-electron chi connectivity index (χ3n) is 3.57. The van der Waals surface area contributed by atoms with Gasteiger partial charge in [-0.05, 0) is 38.3 Å². The van der Waals surface area contributed by atoms with Crippen LogP contribution in [0.4, 0.5) is 0 Å². The van der Waals surface area contributed by atoms with E-state index in [9.17, 15) is 0 Å². The first-order chi connectivity index (χ1) is 9.02. The van der Waals surface area contributed by atoms with Crippen LogP contribution in [-0.2, 0) is 0 Å². The molecule has 0 bridgehead atoms. The highest BCUT2D eigenvalue weighted by atomic mass is 79.9. The maximum atomic E-state index is 6.26. The van der Waals surface area contributed by atoms with Crippen LogP contribution in [0.3, 0.4) is 0 Å². The van der Waals surface area contributed by atoms with Gasteiger partial charge in [0.2, 0.25) is 0 Å². The SMILES string of the molecule is CCC(CSC)N(C)C(c1ccccc1Br)C(C)N. The third kappa shape index (κ3) is 4.48. The number of rotatable bonds is 7. The first kappa shape index (κ1) is 17.0. The van der Waals surface area contributed by atoms with E-state index in [1.807, 2.05) is 17.8 Å². The van der Waals surface area contributed by atoms with E-state index >= 15 is 0 Å². The number of hydrogen-bond acceptors (Lipinski definition) is 3. The molecule has 4 heteroatoms. The average Bonchev–Trinajstić information content (AvgIpc) is 2.38. The van der Waals surface area contributed by atoms with E-state index in [0.717, 1.165) is 16.6 Å². The second-order valence-corrected chi connectivity index (χ2v) is 6.77. The van der Waals surface area contributed by atoms with Gasteiger partial charge >= 0.3 is 0 Å². The van der Waals surface area contributed by atoms with Crippen molar-refractivity contribution in [2.45, 2.75) is 38.4 Å². The van der Waals surface area contributed by atoms with Gasteiger partial charge in [-0.3, -0.25) is 4.90 Å². The van der Waals surface area contributed by atoms with Crippen LogP contribution in [0.5, 0.6) is 0 Å². The summed E-state index contributed by atoms with van der Waals surface area (Å²) in [4.78, 5) is 2.43. The molecule has 0 spiro atoms. The molecule has 0 aromatic heterocycles. The largest absolute Gasteiger partial charge is 0.326 e. The zero-order valence-electron chi connectivity index (χ0n) is 12.3. The summed E-state index contributed by atoms with van der Waals surface area (Å²) in [5, 5.41) is 0. The van der Waals surface area contributed by atoms with Crippen LogP contribution in [0.25, 0.3) is 0 Å². The van der Waals surface area contributed by atoms with E-state index in [-0.39, 0.29) is 12.1 Å². The van der Waals surface area contributed by atoms with E-state index in [1.54, 1.807) is 0 Å². The van der Waals surface area contributed by atoms with Crippen molar-refractivity contribution in [1.29, 1.82) is 0 Å². The van der Waals surface area contributed by atoms with E-state index in [0.29, 0.717) is 6.04 Å². The van der Waals surface area contributed by atoms with Crippen molar-refractivity contribution in [3.8, 4) is 0 Å². The van der Waals surface area contributed by atoms with Crippen molar-refractivity contribution in [3.63, 3.8) is 0 Å². The molecule has 19 heavy (non-hydrogen) atoms. The Balaban J connectivity index is 3.04. The van der Waals surface area contributed by atoms with Crippen LogP contribution < -0.4 is 5.73 Å². The van der Waals surface area contributed by atoms with Gasteiger partial charge in [0, 0.05) is 22.3 Å². The molecule has 108 valence electrons. The van der Waals surface area contributed by atoms with Crippen LogP contribution >= 0.6 is 27.7 Å². The van der Waals surface area contributed by atoms with Crippen molar-refractivity contribution >= 4 is 27.7 Å². The minimum atomic E-state index is 0.0969. The van der Waals surface area contributed by atoms with Gasteiger partial charge in [-0.2, -0.15) is 11.8 Å². The zero-order chi connectivity index (χ0) is 14.4. The molecule has 0 fully saturated rings. The molecule has 2 N–H and O–H groups in total. The molecule has 2 nitrogen and oxygen atoms in total. The minimum absolute atomic E-state index is 0.0969. The van der Waals surface area contributed by atoms with Gasteiger partial charge in [-0.15, -0.1) is 0 Å². The first-order valence-corrected chi connectivity index (χ1v) is 8.92. The zero-order valence-corrected chi connectivity index (χ0v) is 14.7. The highest BCUT2D eigenvalue weighted by Crippen LogP contribution is 2.31. The van der Waals surface area contributed by atoms with E-state index in [2.05, 4.69) is 66.2 Å². The van der Waals surface area contributed by atoms with Gasteiger partial charge < -0.3 is 5.73 Å². The molecular weight excluding hydrogens is 320 g/mol.